The van der Waals surface area contributed by atoms with Gasteiger partial charge in [0, 0.05) is 6.20 Å². The summed E-state index contributed by atoms with van der Waals surface area (Å²) in [5, 5.41) is 3.50. The van der Waals surface area contributed by atoms with Crippen LogP contribution in [0.1, 0.15) is 32.0 Å². The topological polar surface area (TPSA) is 42.7 Å². The van der Waals surface area contributed by atoms with Crippen molar-refractivity contribution in [1.29, 1.82) is 0 Å². The largest absolute Gasteiger partial charge is 0.360 e. The van der Waals surface area contributed by atoms with Crippen LogP contribution in [-0.4, -0.2) is 14.5 Å². The lowest BCUT2D eigenvalue weighted by Gasteiger charge is -2.28. The van der Waals surface area contributed by atoms with Crippen LogP contribution in [0.3, 0.4) is 0 Å². The standard InChI is InChI=1S/C13H16N4/c1-9(2)6-10-12-7-14-8-17(12)11-4-3-5-15-13(11)16-10/h3-5,7-10H,6H2,1-2H3,(H,15,16)/t10-/m1/s1. The molecule has 3 rings (SSSR count). The molecule has 0 saturated heterocycles. The maximum Gasteiger partial charge on any atom is 0.150 e. The van der Waals surface area contributed by atoms with E-state index in [-0.39, 0.29) is 0 Å². The Morgan fingerprint density at radius 1 is 1.47 bits per heavy atom. The van der Waals surface area contributed by atoms with Crippen molar-refractivity contribution < 1.29 is 0 Å². The number of nitrogens with one attached hydrogen (secondary N) is 1. The summed E-state index contributed by atoms with van der Waals surface area (Å²) in [5.41, 5.74) is 2.30. The highest BCUT2D eigenvalue weighted by atomic mass is 15.2. The molecule has 0 amide bonds. The van der Waals surface area contributed by atoms with Gasteiger partial charge in [0.05, 0.1) is 29.9 Å². The molecule has 0 aromatic carbocycles. The first kappa shape index (κ1) is 10.3. The number of hydrogen-bond donors (Lipinski definition) is 1. The van der Waals surface area contributed by atoms with Crippen LogP contribution in [-0.2, 0) is 0 Å². The molecule has 0 spiro atoms. The molecule has 1 aliphatic rings. The molecule has 0 unspecified atom stereocenters. The predicted octanol–water partition coefficient (Wildman–Crippen LogP) is 2.78. The van der Waals surface area contributed by atoms with E-state index >= 15 is 0 Å². The van der Waals surface area contributed by atoms with Crippen LogP contribution in [0.5, 0.6) is 0 Å². The molecule has 0 saturated carbocycles. The van der Waals surface area contributed by atoms with Crippen LogP contribution in [0, 0.1) is 5.92 Å². The fraction of sp³-hybridized carbons (Fsp3) is 0.385. The second-order valence-corrected chi connectivity index (χ2v) is 4.89. The molecular formula is C13H16N4. The van der Waals surface area contributed by atoms with Crippen molar-refractivity contribution in [2.24, 2.45) is 5.92 Å². The molecule has 1 N–H and O–H groups in total. The summed E-state index contributed by atoms with van der Waals surface area (Å²) in [6.07, 6.45) is 6.71. The molecule has 0 fully saturated rings. The lowest BCUT2D eigenvalue weighted by atomic mass is 10.00. The highest BCUT2D eigenvalue weighted by Crippen LogP contribution is 2.34. The first-order chi connectivity index (χ1) is 8.25. The monoisotopic (exact) mass is 228 g/mol. The van der Waals surface area contributed by atoms with Crippen molar-refractivity contribution in [3.63, 3.8) is 0 Å². The first-order valence-corrected chi connectivity index (χ1v) is 6.00. The van der Waals surface area contributed by atoms with Gasteiger partial charge in [0.2, 0.25) is 0 Å². The Labute approximate surface area is 101 Å². The van der Waals surface area contributed by atoms with E-state index in [0.29, 0.717) is 12.0 Å². The zero-order valence-corrected chi connectivity index (χ0v) is 10.1. The molecule has 17 heavy (non-hydrogen) atoms. The molecule has 0 bridgehead atoms. The smallest absolute Gasteiger partial charge is 0.150 e. The lowest BCUT2D eigenvalue weighted by molar-refractivity contribution is 0.513. The molecule has 1 aliphatic heterocycles. The second-order valence-electron chi connectivity index (χ2n) is 4.89. The van der Waals surface area contributed by atoms with Crippen molar-refractivity contribution >= 4 is 5.82 Å². The summed E-state index contributed by atoms with van der Waals surface area (Å²) in [5.74, 6) is 1.59. The van der Waals surface area contributed by atoms with E-state index in [4.69, 9.17) is 0 Å². The Balaban J connectivity index is 2.06. The van der Waals surface area contributed by atoms with Crippen LogP contribution in [0.25, 0.3) is 5.69 Å². The van der Waals surface area contributed by atoms with Gasteiger partial charge in [0.25, 0.3) is 0 Å². The molecule has 0 aliphatic carbocycles. The third kappa shape index (κ3) is 1.69. The van der Waals surface area contributed by atoms with Crippen LogP contribution < -0.4 is 5.32 Å². The van der Waals surface area contributed by atoms with Crippen LogP contribution >= 0.6 is 0 Å². The highest BCUT2D eigenvalue weighted by Gasteiger charge is 2.25. The van der Waals surface area contributed by atoms with Gasteiger partial charge in [-0.1, -0.05) is 13.8 Å². The summed E-state index contributed by atoms with van der Waals surface area (Å²) in [4.78, 5) is 8.65. The number of anilines is 1. The lowest BCUT2D eigenvalue weighted by Crippen LogP contribution is -2.23. The van der Waals surface area contributed by atoms with Crippen LogP contribution in [0.2, 0.25) is 0 Å². The Morgan fingerprint density at radius 3 is 3.18 bits per heavy atom. The van der Waals surface area contributed by atoms with Crippen LogP contribution in [0.15, 0.2) is 30.9 Å². The fourth-order valence-corrected chi connectivity index (χ4v) is 2.36. The Kier molecular flexibility index (Phi) is 2.35. The van der Waals surface area contributed by atoms with Gasteiger partial charge in [-0.3, -0.25) is 4.57 Å². The third-order valence-corrected chi connectivity index (χ3v) is 3.09. The predicted molar refractivity (Wildman–Crippen MR) is 67.2 cm³/mol. The van der Waals surface area contributed by atoms with Crippen molar-refractivity contribution in [3.05, 3.63) is 36.5 Å². The summed E-state index contributed by atoms with van der Waals surface area (Å²) in [6, 6.07) is 4.32. The molecule has 0 radical (unpaired) electrons. The average Bonchev–Trinajstić information content (AvgIpc) is 2.78. The molecule has 3 heterocycles. The van der Waals surface area contributed by atoms with Crippen molar-refractivity contribution in [2.45, 2.75) is 26.3 Å². The van der Waals surface area contributed by atoms with Gasteiger partial charge in [-0.25, -0.2) is 9.97 Å². The highest BCUT2D eigenvalue weighted by molar-refractivity contribution is 5.60. The van der Waals surface area contributed by atoms with Gasteiger partial charge in [-0.05, 0) is 24.5 Å². The van der Waals surface area contributed by atoms with E-state index in [1.807, 2.05) is 24.8 Å². The zero-order chi connectivity index (χ0) is 11.8. The minimum atomic E-state index is 0.305. The number of fused-ring (bicyclic) bond motifs is 3. The van der Waals surface area contributed by atoms with E-state index in [0.717, 1.165) is 17.9 Å². The molecule has 2 aromatic rings. The summed E-state index contributed by atoms with van der Waals surface area (Å²) < 4.78 is 2.13. The molecular weight excluding hydrogens is 212 g/mol. The van der Waals surface area contributed by atoms with Gasteiger partial charge in [-0.2, -0.15) is 0 Å². The molecule has 1 atom stereocenters. The number of hydrogen-bond acceptors (Lipinski definition) is 3. The van der Waals surface area contributed by atoms with Gasteiger partial charge in [0.1, 0.15) is 0 Å². The average molecular weight is 228 g/mol. The van der Waals surface area contributed by atoms with Crippen molar-refractivity contribution in [1.82, 2.24) is 14.5 Å². The number of rotatable bonds is 2. The third-order valence-electron chi connectivity index (χ3n) is 3.09. The second kappa shape index (κ2) is 3.87. The summed E-state index contributed by atoms with van der Waals surface area (Å²) in [7, 11) is 0. The number of nitrogens with zero attached hydrogens (tertiary/aromatic N) is 3. The maximum atomic E-state index is 4.40. The van der Waals surface area contributed by atoms with Gasteiger partial charge in [-0.15, -0.1) is 0 Å². The number of imidazole rings is 1. The first-order valence-electron chi connectivity index (χ1n) is 6.00. The van der Waals surface area contributed by atoms with Gasteiger partial charge >= 0.3 is 0 Å². The molecule has 2 aromatic heterocycles. The van der Waals surface area contributed by atoms with Crippen LogP contribution in [0.4, 0.5) is 5.82 Å². The molecule has 88 valence electrons. The zero-order valence-electron chi connectivity index (χ0n) is 10.1. The minimum Gasteiger partial charge on any atom is -0.360 e. The Bertz CT molecular complexity index is 530. The van der Waals surface area contributed by atoms with Crippen molar-refractivity contribution in [3.8, 4) is 5.69 Å². The molecule has 4 nitrogen and oxygen atoms in total. The number of pyridine rings is 1. The van der Waals surface area contributed by atoms with E-state index in [9.17, 15) is 0 Å². The quantitative estimate of drug-likeness (QED) is 0.859. The van der Waals surface area contributed by atoms with E-state index < -0.39 is 0 Å². The number of aromatic nitrogens is 3. The van der Waals surface area contributed by atoms with E-state index in [2.05, 4.69) is 39.8 Å². The summed E-state index contributed by atoms with van der Waals surface area (Å²) >= 11 is 0. The SMILES string of the molecule is CC(C)C[C@H]1Nc2ncccc2-n2cncc21. The fourth-order valence-electron chi connectivity index (χ4n) is 2.36. The normalized spacial score (nSPS) is 17.5. The van der Waals surface area contributed by atoms with E-state index in [1.165, 1.54) is 5.69 Å². The van der Waals surface area contributed by atoms with Gasteiger partial charge < -0.3 is 5.32 Å². The Hall–Kier alpha value is -1.84. The summed E-state index contributed by atoms with van der Waals surface area (Å²) in [6.45, 7) is 4.46. The maximum absolute atomic E-state index is 4.40. The molecule has 4 heteroatoms. The van der Waals surface area contributed by atoms with Crippen molar-refractivity contribution in [2.75, 3.05) is 5.32 Å². The minimum absolute atomic E-state index is 0.305. The van der Waals surface area contributed by atoms with E-state index in [1.54, 1.807) is 0 Å². The Morgan fingerprint density at radius 2 is 2.35 bits per heavy atom. The van der Waals surface area contributed by atoms with Gasteiger partial charge in [0.15, 0.2) is 5.82 Å².